The van der Waals surface area contributed by atoms with Gasteiger partial charge in [-0.1, -0.05) is 20.8 Å². The van der Waals surface area contributed by atoms with Crippen LogP contribution in [0.2, 0.25) is 0 Å². The summed E-state index contributed by atoms with van der Waals surface area (Å²) < 4.78 is 4.87. The van der Waals surface area contributed by atoms with Crippen molar-refractivity contribution in [3.63, 3.8) is 0 Å². The van der Waals surface area contributed by atoms with Gasteiger partial charge in [0.1, 0.15) is 0 Å². The number of ether oxygens (including phenoxy) is 1. The molecule has 0 rings (SSSR count). The van der Waals surface area contributed by atoms with Crippen LogP contribution in [0.5, 0.6) is 0 Å². The van der Waals surface area contributed by atoms with Crippen LogP contribution in [0.25, 0.3) is 0 Å². The van der Waals surface area contributed by atoms with Crippen molar-refractivity contribution in [1.82, 2.24) is 5.32 Å². The largest absolute Gasteiger partial charge is 0.447 e. The van der Waals surface area contributed by atoms with Crippen LogP contribution in [0.3, 0.4) is 0 Å². The summed E-state index contributed by atoms with van der Waals surface area (Å²) in [5, 5.41) is 12.1. The topological polar surface area (TPSA) is 58.6 Å². The maximum atomic E-state index is 11.1. The number of rotatable bonds is 4. The molecular formula is C11H23NO3. The van der Waals surface area contributed by atoms with Gasteiger partial charge >= 0.3 is 6.09 Å². The molecule has 0 radical (unpaired) electrons. The Morgan fingerprint density at radius 1 is 1.40 bits per heavy atom. The number of carbonyl (C=O) groups excluding carboxylic acids is 1. The molecule has 15 heavy (non-hydrogen) atoms. The zero-order valence-corrected chi connectivity index (χ0v) is 10.3. The van der Waals surface area contributed by atoms with Gasteiger partial charge in [-0.3, -0.25) is 0 Å². The Balaban J connectivity index is 3.71. The SMILES string of the molecule is CC(C)OC(=O)NCC(O)CC(C)(C)C. The van der Waals surface area contributed by atoms with Gasteiger partial charge in [0.05, 0.1) is 12.2 Å². The smallest absolute Gasteiger partial charge is 0.407 e. The van der Waals surface area contributed by atoms with Crippen molar-refractivity contribution in [2.45, 2.75) is 53.2 Å². The summed E-state index contributed by atoms with van der Waals surface area (Å²) in [5.41, 5.74) is 0.0586. The molecule has 1 amide bonds. The highest BCUT2D eigenvalue weighted by atomic mass is 16.6. The minimum Gasteiger partial charge on any atom is -0.447 e. The maximum absolute atomic E-state index is 11.1. The molecule has 0 aromatic heterocycles. The molecule has 0 fully saturated rings. The molecule has 0 aliphatic heterocycles. The summed E-state index contributed by atoms with van der Waals surface area (Å²) in [6.07, 6.45) is -0.484. The number of hydrogen-bond donors (Lipinski definition) is 2. The lowest BCUT2D eigenvalue weighted by Crippen LogP contribution is -2.35. The normalized spacial score (nSPS) is 13.8. The third-order valence-electron chi connectivity index (χ3n) is 1.67. The first-order valence-corrected chi connectivity index (χ1v) is 5.33. The quantitative estimate of drug-likeness (QED) is 0.756. The molecule has 0 aromatic rings. The van der Waals surface area contributed by atoms with Crippen molar-refractivity contribution >= 4 is 6.09 Å². The van der Waals surface area contributed by atoms with E-state index < -0.39 is 12.2 Å². The molecule has 0 bridgehead atoms. The number of aliphatic hydroxyl groups is 1. The lowest BCUT2D eigenvalue weighted by molar-refractivity contribution is 0.0944. The highest BCUT2D eigenvalue weighted by Crippen LogP contribution is 2.20. The van der Waals surface area contributed by atoms with Crippen molar-refractivity contribution < 1.29 is 14.6 Å². The zero-order chi connectivity index (χ0) is 12.1. The molecule has 1 atom stereocenters. The van der Waals surface area contributed by atoms with Gasteiger partial charge in [0.15, 0.2) is 0 Å². The van der Waals surface area contributed by atoms with E-state index in [1.165, 1.54) is 0 Å². The molecule has 0 aliphatic carbocycles. The van der Waals surface area contributed by atoms with Crippen molar-refractivity contribution in [2.24, 2.45) is 5.41 Å². The van der Waals surface area contributed by atoms with Crippen molar-refractivity contribution in [3.8, 4) is 0 Å². The van der Waals surface area contributed by atoms with Gasteiger partial charge in [0.25, 0.3) is 0 Å². The molecule has 1 unspecified atom stereocenters. The van der Waals surface area contributed by atoms with Crippen LogP contribution in [0.1, 0.15) is 41.0 Å². The number of nitrogens with one attached hydrogen (secondary N) is 1. The molecule has 90 valence electrons. The molecule has 0 spiro atoms. The van der Waals surface area contributed by atoms with Crippen LogP contribution < -0.4 is 5.32 Å². The summed E-state index contributed by atoms with van der Waals surface area (Å²) >= 11 is 0. The molecule has 4 nitrogen and oxygen atoms in total. The minimum atomic E-state index is -0.523. The molecule has 0 saturated heterocycles. The van der Waals surface area contributed by atoms with Gasteiger partial charge in [0, 0.05) is 6.54 Å². The number of alkyl carbamates (subject to hydrolysis) is 1. The predicted molar refractivity (Wildman–Crippen MR) is 59.7 cm³/mol. The van der Waals surface area contributed by atoms with Crippen molar-refractivity contribution in [1.29, 1.82) is 0 Å². The summed E-state index contributed by atoms with van der Waals surface area (Å²) in [5.74, 6) is 0. The minimum absolute atomic E-state index is 0.0586. The van der Waals surface area contributed by atoms with Gasteiger partial charge in [0.2, 0.25) is 0 Å². The Morgan fingerprint density at radius 3 is 2.33 bits per heavy atom. The average molecular weight is 217 g/mol. The van der Waals surface area contributed by atoms with E-state index in [4.69, 9.17) is 4.74 Å². The second kappa shape index (κ2) is 5.95. The number of amides is 1. The highest BCUT2D eigenvalue weighted by Gasteiger charge is 2.17. The summed E-state index contributed by atoms with van der Waals surface area (Å²) in [7, 11) is 0. The highest BCUT2D eigenvalue weighted by molar-refractivity contribution is 5.67. The predicted octanol–water partition coefficient (Wildman–Crippen LogP) is 1.92. The van der Waals surface area contributed by atoms with Crippen LogP contribution >= 0.6 is 0 Å². The molecule has 0 aromatic carbocycles. The Morgan fingerprint density at radius 2 is 1.93 bits per heavy atom. The van der Waals surface area contributed by atoms with Crippen LogP contribution in [0.15, 0.2) is 0 Å². The van der Waals surface area contributed by atoms with Crippen LogP contribution in [-0.2, 0) is 4.74 Å². The van der Waals surface area contributed by atoms with Gasteiger partial charge < -0.3 is 15.2 Å². The first-order valence-electron chi connectivity index (χ1n) is 5.33. The first kappa shape index (κ1) is 14.2. The van der Waals surface area contributed by atoms with Crippen LogP contribution in [0, 0.1) is 5.41 Å². The molecule has 4 heteroatoms. The summed E-state index contributed by atoms with van der Waals surface area (Å²) in [6.45, 7) is 9.94. The van der Waals surface area contributed by atoms with Crippen LogP contribution in [0.4, 0.5) is 4.79 Å². The van der Waals surface area contributed by atoms with E-state index >= 15 is 0 Å². The molecule has 0 aliphatic rings. The van der Waals surface area contributed by atoms with Gasteiger partial charge in [-0.2, -0.15) is 0 Å². The standard InChI is InChI=1S/C11H23NO3/c1-8(2)15-10(14)12-7-9(13)6-11(3,4)5/h8-9,13H,6-7H2,1-5H3,(H,12,14). The third-order valence-corrected chi connectivity index (χ3v) is 1.67. The van der Waals surface area contributed by atoms with E-state index in [0.29, 0.717) is 6.42 Å². The fourth-order valence-corrected chi connectivity index (χ4v) is 1.24. The monoisotopic (exact) mass is 217 g/mol. The number of carbonyl (C=O) groups is 1. The van der Waals surface area contributed by atoms with E-state index in [1.807, 2.05) is 20.8 Å². The molecule has 0 saturated carbocycles. The third kappa shape index (κ3) is 9.53. The lowest BCUT2D eigenvalue weighted by Gasteiger charge is -2.22. The Hall–Kier alpha value is -0.770. The van der Waals surface area contributed by atoms with E-state index in [1.54, 1.807) is 13.8 Å². The van der Waals surface area contributed by atoms with Crippen molar-refractivity contribution in [3.05, 3.63) is 0 Å². The first-order chi connectivity index (χ1) is 6.70. The molecular weight excluding hydrogens is 194 g/mol. The van der Waals surface area contributed by atoms with Gasteiger partial charge in [-0.05, 0) is 25.7 Å². The fraction of sp³-hybridized carbons (Fsp3) is 0.909. The van der Waals surface area contributed by atoms with Crippen molar-refractivity contribution in [2.75, 3.05) is 6.54 Å². The molecule has 2 N–H and O–H groups in total. The Bertz CT molecular complexity index is 196. The zero-order valence-electron chi connectivity index (χ0n) is 10.3. The Labute approximate surface area is 92.0 Å². The summed E-state index contributed by atoms with van der Waals surface area (Å²) in [6, 6.07) is 0. The Kier molecular flexibility index (Phi) is 5.65. The number of aliphatic hydroxyl groups excluding tert-OH is 1. The maximum Gasteiger partial charge on any atom is 0.407 e. The van der Waals surface area contributed by atoms with Crippen LogP contribution in [-0.4, -0.2) is 30.0 Å². The molecule has 0 heterocycles. The second-order valence-corrected chi connectivity index (χ2v) is 5.25. The van der Waals surface area contributed by atoms with Gasteiger partial charge in [-0.25, -0.2) is 4.79 Å². The lowest BCUT2D eigenvalue weighted by atomic mass is 9.89. The van der Waals surface area contributed by atoms with Gasteiger partial charge in [-0.15, -0.1) is 0 Å². The summed E-state index contributed by atoms with van der Waals surface area (Å²) in [4.78, 5) is 11.1. The number of hydrogen-bond acceptors (Lipinski definition) is 3. The second-order valence-electron chi connectivity index (χ2n) is 5.25. The van der Waals surface area contributed by atoms with E-state index in [9.17, 15) is 9.90 Å². The average Bonchev–Trinajstić information content (AvgIpc) is 1.96. The van der Waals surface area contributed by atoms with E-state index in [2.05, 4.69) is 5.32 Å². The van der Waals surface area contributed by atoms with E-state index in [0.717, 1.165) is 0 Å². The fourth-order valence-electron chi connectivity index (χ4n) is 1.24. The van der Waals surface area contributed by atoms with E-state index in [-0.39, 0.29) is 18.1 Å².